The summed E-state index contributed by atoms with van der Waals surface area (Å²) in [5.41, 5.74) is 1.22. The van der Waals surface area contributed by atoms with Crippen LogP contribution in [0.1, 0.15) is 12.1 Å². The zero-order valence-electron chi connectivity index (χ0n) is 9.27. The molecule has 0 amide bonds. The summed E-state index contributed by atoms with van der Waals surface area (Å²) in [5.74, 6) is 1.40. The average Bonchev–Trinajstić information content (AvgIpc) is 2.93. The molecule has 0 saturated heterocycles. The van der Waals surface area contributed by atoms with Crippen molar-refractivity contribution in [1.29, 1.82) is 0 Å². The SMILES string of the molecule is OCC1CCn2c(cnc2-c2ccc(Cl)s2)C1. The largest absolute Gasteiger partial charge is 0.396 e. The van der Waals surface area contributed by atoms with E-state index in [2.05, 4.69) is 9.55 Å². The molecule has 2 aromatic rings. The zero-order chi connectivity index (χ0) is 11.8. The molecule has 3 heterocycles. The predicted molar refractivity (Wildman–Crippen MR) is 69.4 cm³/mol. The monoisotopic (exact) mass is 268 g/mol. The van der Waals surface area contributed by atoms with Crippen molar-refractivity contribution in [3.63, 3.8) is 0 Å². The van der Waals surface area contributed by atoms with Crippen molar-refractivity contribution in [2.45, 2.75) is 19.4 Å². The Balaban J connectivity index is 1.96. The number of nitrogens with zero attached hydrogens (tertiary/aromatic N) is 2. The number of aliphatic hydroxyl groups excluding tert-OH is 1. The Morgan fingerprint density at radius 1 is 1.53 bits per heavy atom. The third kappa shape index (κ3) is 2.01. The van der Waals surface area contributed by atoms with Gasteiger partial charge in [0.2, 0.25) is 0 Å². The van der Waals surface area contributed by atoms with Crippen molar-refractivity contribution in [2.75, 3.05) is 6.61 Å². The average molecular weight is 269 g/mol. The summed E-state index contributed by atoms with van der Waals surface area (Å²) in [6, 6.07) is 3.92. The summed E-state index contributed by atoms with van der Waals surface area (Å²) < 4.78 is 3.04. The molecule has 0 radical (unpaired) electrons. The summed E-state index contributed by atoms with van der Waals surface area (Å²) in [6.45, 7) is 1.21. The van der Waals surface area contributed by atoms with Crippen LogP contribution in [0.2, 0.25) is 4.34 Å². The summed E-state index contributed by atoms with van der Waals surface area (Å²) in [7, 11) is 0. The van der Waals surface area contributed by atoms with Gasteiger partial charge in [-0.15, -0.1) is 11.3 Å². The Morgan fingerprint density at radius 2 is 2.41 bits per heavy atom. The van der Waals surface area contributed by atoms with Gasteiger partial charge in [0.15, 0.2) is 0 Å². The van der Waals surface area contributed by atoms with Gasteiger partial charge in [0.25, 0.3) is 0 Å². The Morgan fingerprint density at radius 3 is 3.12 bits per heavy atom. The van der Waals surface area contributed by atoms with E-state index in [1.807, 2.05) is 18.3 Å². The molecule has 0 aliphatic carbocycles. The Labute approximate surface area is 109 Å². The Bertz CT molecular complexity index is 534. The molecule has 0 spiro atoms. The van der Waals surface area contributed by atoms with Crippen molar-refractivity contribution in [3.8, 4) is 10.7 Å². The molecule has 5 heteroatoms. The Kier molecular flexibility index (Phi) is 2.94. The second-order valence-electron chi connectivity index (χ2n) is 4.37. The molecule has 0 aromatic carbocycles. The van der Waals surface area contributed by atoms with Crippen LogP contribution in [0.25, 0.3) is 10.7 Å². The molecule has 0 saturated carbocycles. The summed E-state index contributed by atoms with van der Waals surface area (Å²) >= 11 is 7.51. The number of thiophene rings is 1. The van der Waals surface area contributed by atoms with Crippen LogP contribution in [-0.2, 0) is 13.0 Å². The van der Waals surface area contributed by atoms with Crippen molar-refractivity contribution in [2.24, 2.45) is 5.92 Å². The fraction of sp³-hybridized carbons (Fsp3) is 0.417. The van der Waals surface area contributed by atoms with Crippen LogP contribution in [0.3, 0.4) is 0 Å². The standard InChI is InChI=1S/C12H13ClN2OS/c13-11-2-1-10(17-11)12-14-6-9-5-8(7-16)3-4-15(9)12/h1-2,6,8,16H,3-5,7H2. The van der Waals surface area contributed by atoms with Gasteiger partial charge < -0.3 is 9.67 Å². The van der Waals surface area contributed by atoms with Crippen molar-refractivity contribution >= 4 is 22.9 Å². The molecule has 3 rings (SSSR count). The maximum Gasteiger partial charge on any atom is 0.150 e. The third-order valence-electron chi connectivity index (χ3n) is 3.25. The van der Waals surface area contributed by atoms with E-state index in [4.69, 9.17) is 11.6 Å². The van der Waals surface area contributed by atoms with Crippen LogP contribution in [0.5, 0.6) is 0 Å². The van der Waals surface area contributed by atoms with Crippen molar-refractivity contribution in [3.05, 3.63) is 28.4 Å². The van der Waals surface area contributed by atoms with Gasteiger partial charge in [0, 0.05) is 25.0 Å². The summed E-state index contributed by atoms with van der Waals surface area (Å²) in [5, 5.41) is 9.20. The second kappa shape index (κ2) is 4.44. The van der Waals surface area contributed by atoms with E-state index >= 15 is 0 Å². The predicted octanol–water partition coefficient (Wildman–Crippen LogP) is 2.82. The van der Waals surface area contributed by atoms with Crippen LogP contribution in [0.15, 0.2) is 18.3 Å². The first-order valence-electron chi connectivity index (χ1n) is 5.69. The lowest BCUT2D eigenvalue weighted by Gasteiger charge is -2.23. The lowest BCUT2D eigenvalue weighted by atomic mass is 9.97. The number of rotatable bonds is 2. The number of hydrogen-bond acceptors (Lipinski definition) is 3. The molecule has 1 aliphatic rings. The highest BCUT2D eigenvalue weighted by molar-refractivity contribution is 7.19. The number of fused-ring (bicyclic) bond motifs is 1. The summed E-state index contributed by atoms with van der Waals surface area (Å²) in [4.78, 5) is 5.60. The third-order valence-corrected chi connectivity index (χ3v) is 4.48. The Hall–Kier alpha value is -0.840. The first-order valence-corrected chi connectivity index (χ1v) is 6.88. The highest BCUT2D eigenvalue weighted by Crippen LogP contribution is 2.33. The number of aliphatic hydroxyl groups is 1. The van der Waals surface area contributed by atoms with Gasteiger partial charge in [0.1, 0.15) is 5.82 Å². The molecule has 0 bridgehead atoms. The number of imidazole rings is 1. The minimum absolute atomic E-state index is 0.269. The normalized spacial score (nSPS) is 19.3. The van der Waals surface area contributed by atoms with E-state index in [-0.39, 0.29) is 6.61 Å². The van der Waals surface area contributed by atoms with Gasteiger partial charge in [-0.2, -0.15) is 0 Å². The van der Waals surface area contributed by atoms with Crippen molar-refractivity contribution in [1.82, 2.24) is 9.55 Å². The minimum Gasteiger partial charge on any atom is -0.396 e. The highest BCUT2D eigenvalue weighted by atomic mass is 35.5. The van der Waals surface area contributed by atoms with Crippen LogP contribution < -0.4 is 0 Å². The second-order valence-corrected chi connectivity index (χ2v) is 6.09. The molecule has 0 fully saturated rings. The molecular formula is C12H13ClN2OS. The van der Waals surface area contributed by atoms with E-state index in [1.165, 1.54) is 5.69 Å². The number of aromatic nitrogens is 2. The van der Waals surface area contributed by atoms with Crippen LogP contribution >= 0.6 is 22.9 Å². The van der Waals surface area contributed by atoms with Gasteiger partial charge in [0.05, 0.1) is 9.21 Å². The molecule has 2 aromatic heterocycles. The topological polar surface area (TPSA) is 38.0 Å². The number of halogens is 1. The molecule has 3 nitrogen and oxygen atoms in total. The molecule has 1 atom stereocenters. The molecular weight excluding hydrogens is 256 g/mol. The van der Waals surface area contributed by atoms with E-state index in [1.54, 1.807) is 11.3 Å². The highest BCUT2D eigenvalue weighted by Gasteiger charge is 2.21. The van der Waals surface area contributed by atoms with Crippen LogP contribution in [0, 0.1) is 5.92 Å². The lowest BCUT2D eigenvalue weighted by Crippen LogP contribution is -2.21. The quantitative estimate of drug-likeness (QED) is 0.910. The van der Waals surface area contributed by atoms with E-state index in [0.29, 0.717) is 5.92 Å². The lowest BCUT2D eigenvalue weighted by molar-refractivity contribution is 0.201. The fourth-order valence-electron chi connectivity index (χ4n) is 2.32. The van der Waals surface area contributed by atoms with Crippen molar-refractivity contribution < 1.29 is 5.11 Å². The van der Waals surface area contributed by atoms with Gasteiger partial charge in [-0.1, -0.05) is 11.6 Å². The van der Waals surface area contributed by atoms with Gasteiger partial charge in [-0.05, 0) is 30.9 Å². The molecule has 17 heavy (non-hydrogen) atoms. The zero-order valence-corrected chi connectivity index (χ0v) is 10.8. The van der Waals surface area contributed by atoms with Gasteiger partial charge in [-0.25, -0.2) is 4.98 Å². The molecule has 1 unspecified atom stereocenters. The van der Waals surface area contributed by atoms with E-state index in [0.717, 1.165) is 34.4 Å². The maximum atomic E-state index is 9.20. The molecule has 90 valence electrons. The van der Waals surface area contributed by atoms with E-state index in [9.17, 15) is 5.11 Å². The fourth-order valence-corrected chi connectivity index (χ4v) is 3.37. The summed E-state index contributed by atoms with van der Waals surface area (Å²) in [6.07, 6.45) is 3.86. The first-order chi connectivity index (χ1) is 8.28. The van der Waals surface area contributed by atoms with E-state index < -0.39 is 0 Å². The maximum absolute atomic E-state index is 9.20. The molecule has 1 aliphatic heterocycles. The smallest absolute Gasteiger partial charge is 0.150 e. The molecule has 1 N–H and O–H groups in total. The minimum atomic E-state index is 0.269. The van der Waals surface area contributed by atoms with Gasteiger partial charge >= 0.3 is 0 Å². The first kappa shape index (κ1) is 11.3. The van der Waals surface area contributed by atoms with Gasteiger partial charge in [-0.3, -0.25) is 0 Å². The van der Waals surface area contributed by atoms with Crippen LogP contribution in [-0.4, -0.2) is 21.3 Å². The number of hydrogen-bond donors (Lipinski definition) is 1. The van der Waals surface area contributed by atoms with Crippen LogP contribution in [0.4, 0.5) is 0 Å².